The first-order chi connectivity index (χ1) is 12.6. The SMILES string of the molecule is OC1(c2ccc(-c3nc4nc(OC5CCC5)[nH]c4cc3Cl)cc2)CCC1. The van der Waals surface area contributed by atoms with E-state index >= 15 is 0 Å². The highest BCUT2D eigenvalue weighted by Gasteiger charge is 2.36. The monoisotopic (exact) mass is 369 g/mol. The first kappa shape index (κ1) is 16.1. The van der Waals surface area contributed by atoms with Crippen LogP contribution < -0.4 is 4.74 Å². The number of H-pyrrole nitrogens is 1. The second-order valence-corrected chi connectivity index (χ2v) is 7.77. The van der Waals surface area contributed by atoms with E-state index in [2.05, 4.69) is 15.0 Å². The molecule has 0 unspecified atom stereocenters. The standard InChI is InChI=1S/C20H20ClN3O2/c21-15-11-16-18(24-19(22-16)26-14-3-1-4-14)23-17(15)12-5-7-13(8-6-12)20(25)9-2-10-20/h5-8,11,14,25H,1-4,9-10H2,(H,22,23,24). The molecule has 1 aromatic carbocycles. The Balaban J connectivity index is 1.46. The molecule has 6 heteroatoms. The number of halogens is 1. The summed E-state index contributed by atoms with van der Waals surface area (Å²) in [5.74, 6) is 0. The summed E-state index contributed by atoms with van der Waals surface area (Å²) in [5.41, 5.74) is 3.27. The smallest absolute Gasteiger partial charge is 0.296 e. The van der Waals surface area contributed by atoms with Crippen LogP contribution in [0.4, 0.5) is 0 Å². The lowest BCUT2D eigenvalue weighted by Crippen LogP contribution is -2.33. The van der Waals surface area contributed by atoms with Crippen LogP contribution >= 0.6 is 11.6 Å². The number of ether oxygens (including phenoxy) is 1. The van der Waals surface area contributed by atoms with Gasteiger partial charge in [-0.05, 0) is 50.2 Å². The summed E-state index contributed by atoms with van der Waals surface area (Å²) in [5, 5.41) is 11.0. The maximum atomic E-state index is 10.5. The average Bonchev–Trinajstić information content (AvgIpc) is 2.97. The van der Waals surface area contributed by atoms with E-state index in [9.17, 15) is 5.11 Å². The molecule has 2 aromatic heterocycles. The summed E-state index contributed by atoms with van der Waals surface area (Å²) < 4.78 is 5.82. The summed E-state index contributed by atoms with van der Waals surface area (Å²) in [6.45, 7) is 0. The lowest BCUT2D eigenvalue weighted by atomic mass is 9.75. The summed E-state index contributed by atoms with van der Waals surface area (Å²) in [6.07, 6.45) is 6.36. The molecule has 2 aliphatic carbocycles. The van der Waals surface area contributed by atoms with E-state index < -0.39 is 5.60 Å². The first-order valence-electron chi connectivity index (χ1n) is 9.17. The van der Waals surface area contributed by atoms with Crippen molar-refractivity contribution in [2.75, 3.05) is 0 Å². The van der Waals surface area contributed by atoms with Crippen LogP contribution in [-0.4, -0.2) is 26.2 Å². The molecule has 3 aromatic rings. The molecule has 2 heterocycles. The van der Waals surface area contributed by atoms with Gasteiger partial charge in [0.25, 0.3) is 6.01 Å². The van der Waals surface area contributed by atoms with Crippen molar-refractivity contribution in [1.82, 2.24) is 15.0 Å². The summed E-state index contributed by atoms with van der Waals surface area (Å²) in [4.78, 5) is 12.2. The van der Waals surface area contributed by atoms with Crippen molar-refractivity contribution in [3.05, 3.63) is 40.9 Å². The van der Waals surface area contributed by atoms with Crippen LogP contribution in [0.1, 0.15) is 44.1 Å². The van der Waals surface area contributed by atoms with Crippen molar-refractivity contribution in [2.45, 2.75) is 50.2 Å². The highest BCUT2D eigenvalue weighted by atomic mass is 35.5. The maximum absolute atomic E-state index is 10.5. The predicted molar refractivity (Wildman–Crippen MR) is 100 cm³/mol. The van der Waals surface area contributed by atoms with E-state index in [0.717, 1.165) is 48.7 Å². The molecule has 26 heavy (non-hydrogen) atoms. The normalized spacial score (nSPS) is 19.2. The fourth-order valence-electron chi connectivity index (χ4n) is 3.54. The Kier molecular flexibility index (Phi) is 3.69. The number of imidazole rings is 1. The van der Waals surface area contributed by atoms with Crippen molar-refractivity contribution >= 4 is 22.8 Å². The minimum atomic E-state index is -0.657. The quantitative estimate of drug-likeness (QED) is 0.706. The number of nitrogens with zero attached hydrogens (tertiary/aromatic N) is 2. The maximum Gasteiger partial charge on any atom is 0.296 e. The number of nitrogens with one attached hydrogen (secondary N) is 1. The van der Waals surface area contributed by atoms with Gasteiger partial charge < -0.3 is 14.8 Å². The Labute approximate surface area is 156 Å². The van der Waals surface area contributed by atoms with E-state index in [1.54, 1.807) is 0 Å². The van der Waals surface area contributed by atoms with Gasteiger partial charge in [-0.15, -0.1) is 0 Å². The molecular weight excluding hydrogens is 350 g/mol. The number of hydrogen-bond acceptors (Lipinski definition) is 4. The zero-order chi connectivity index (χ0) is 17.7. The Bertz CT molecular complexity index is 959. The second kappa shape index (κ2) is 5.96. The van der Waals surface area contributed by atoms with Gasteiger partial charge in [0, 0.05) is 5.56 Å². The highest BCUT2D eigenvalue weighted by molar-refractivity contribution is 6.33. The van der Waals surface area contributed by atoms with E-state index in [1.807, 2.05) is 30.3 Å². The number of pyridine rings is 1. The average molecular weight is 370 g/mol. The molecule has 0 saturated heterocycles. The molecule has 2 N–H and O–H groups in total. The molecule has 0 radical (unpaired) electrons. The van der Waals surface area contributed by atoms with Crippen molar-refractivity contribution < 1.29 is 9.84 Å². The van der Waals surface area contributed by atoms with Gasteiger partial charge in [0.1, 0.15) is 6.10 Å². The minimum Gasteiger partial charge on any atom is -0.461 e. The van der Waals surface area contributed by atoms with Crippen LogP contribution in [0.15, 0.2) is 30.3 Å². The third-order valence-electron chi connectivity index (χ3n) is 5.61. The third-order valence-corrected chi connectivity index (χ3v) is 5.90. The lowest BCUT2D eigenvalue weighted by molar-refractivity contribution is -0.0387. The molecule has 2 saturated carbocycles. The molecule has 0 aliphatic heterocycles. The fraction of sp³-hybridized carbons (Fsp3) is 0.400. The molecule has 134 valence electrons. The van der Waals surface area contributed by atoms with Gasteiger partial charge in [-0.1, -0.05) is 35.9 Å². The predicted octanol–water partition coefficient (Wildman–Crippen LogP) is 4.58. The van der Waals surface area contributed by atoms with Gasteiger partial charge in [-0.2, -0.15) is 4.98 Å². The van der Waals surface area contributed by atoms with E-state index in [1.165, 1.54) is 6.42 Å². The van der Waals surface area contributed by atoms with Gasteiger partial charge in [-0.25, -0.2) is 4.98 Å². The Morgan fingerprint density at radius 3 is 2.50 bits per heavy atom. The molecular formula is C20H20ClN3O2. The van der Waals surface area contributed by atoms with Crippen molar-refractivity contribution in [3.8, 4) is 17.3 Å². The minimum absolute atomic E-state index is 0.260. The number of hydrogen-bond donors (Lipinski definition) is 2. The molecule has 5 nitrogen and oxygen atoms in total. The second-order valence-electron chi connectivity index (χ2n) is 7.37. The van der Waals surface area contributed by atoms with Gasteiger partial charge in [0.15, 0.2) is 5.65 Å². The van der Waals surface area contributed by atoms with Crippen LogP contribution in [0.2, 0.25) is 5.02 Å². The Hall–Kier alpha value is -2.11. The zero-order valence-electron chi connectivity index (χ0n) is 14.3. The molecule has 0 bridgehead atoms. The highest BCUT2D eigenvalue weighted by Crippen LogP contribution is 2.41. The summed E-state index contributed by atoms with van der Waals surface area (Å²) >= 11 is 6.46. The Morgan fingerprint density at radius 2 is 1.88 bits per heavy atom. The topological polar surface area (TPSA) is 71.0 Å². The van der Waals surface area contributed by atoms with E-state index in [4.69, 9.17) is 16.3 Å². The Morgan fingerprint density at radius 1 is 1.12 bits per heavy atom. The number of rotatable bonds is 4. The van der Waals surface area contributed by atoms with Crippen molar-refractivity contribution in [1.29, 1.82) is 0 Å². The van der Waals surface area contributed by atoms with Crippen LogP contribution in [-0.2, 0) is 5.60 Å². The number of aliphatic hydroxyl groups is 1. The third kappa shape index (κ3) is 2.66. The lowest BCUT2D eigenvalue weighted by Gasteiger charge is -2.37. The van der Waals surface area contributed by atoms with Gasteiger partial charge in [0.2, 0.25) is 0 Å². The number of aromatic amines is 1. The van der Waals surface area contributed by atoms with Crippen LogP contribution in [0.25, 0.3) is 22.4 Å². The molecule has 5 rings (SSSR count). The van der Waals surface area contributed by atoms with E-state index in [-0.39, 0.29) is 6.10 Å². The van der Waals surface area contributed by atoms with Crippen molar-refractivity contribution in [2.24, 2.45) is 0 Å². The largest absolute Gasteiger partial charge is 0.461 e. The fourth-order valence-corrected chi connectivity index (χ4v) is 3.80. The molecule has 0 amide bonds. The zero-order valence-corrected chi connectivity index (χ0v) is 15.1. The van der Waals surface area contributed by atoms with Crippen molar-refractivity contribution in [3.63, 3.8) is 0 Å². The van der Waals surface area contributed by atoms with E-state index in [0.29, 0.717) is 22.4 Å². The van der Waals surface area contributed by atoms with Crippen LogP contribution in [0.3, 0.4) is 0 Å². The number of aromatic nitrogens is 3. The first-order valence-corrected chi connectivity index (χ1v) is 9.55. The molecule has 0 spiro atoms. The van der Waals surface area contributed by atoms with Crippen LogP contribution in [0, 0.1) is 0 Å². The van der Waals surface area contributed by atoms with Gasteiger partial charge >= 0.3 is 0 Å². The molecule has 0 atom stereocenters. The molecule has 2 aliphatic rings. The number of fused-ring (bicyclic) bond motifs is 1. The number of benzene rings is 1. The van der Waals surface area contributed by atoms with Gasteiger partial charge in [0.05, 0.1) is 21.8 Å². The summed E-state index contributed by atoms with van der Waals surface area (Å²) in [7, 11) is 0. The molecule has 2 fully saturated rings. The van der Waals surface area contributed by atoms with Crippen LogP contribution in [0.5, 0.6) is 6.01 Å². The van der Waals surface area contributed by atoms with Gasteiger partial charge in [-0.3, -0.25) is 0 Å². The summed E-state index contributed by atoms with van der Waals surface area (Å²) in [6, 6.07) is 10.2.